The number of aromatic nitrogens is 1. The molecule has 0 aliphatic rings. The molecule has 0 spiro atoms. The Morgan fingerprint density at radius 2 is 2.29 bits per heavy atom. The molecule has 0 amide bonds. The Bertz CT molecular complexity index is 390. The molecule has 14 heavy (non-hydrogen) atoms. The lowest BCUT2D eigenvalue weighted by Crippen LogP contribution is -2.00. The van der Waals surface area contributed by atoms with Gasteiger partial charge in [-0.15, -0.1) is 11.6 Å². The highest BCUT2D eigenvalue weighted by molar-refractivity contribution is 14.1. The lowest BCUT2D eigenvalue weighted by atomic mass is 10.2. The molecular weight excluding hydrogens is 324 g/mol. The van der Waals surface area contributed by atoms with E-state index in [9.17, 15) is 8.78 Å². The normalized spacial score (nSPS) is 10.3. The van der Waals surface area contributed by atoms with Gasteiger partial charge in [0.05, 0.1) is 15.1 Å². The maximum absolute atomic E-state index is 12.4. The first-order valence-electron chi connectivity index (χ1n) is 3.53. The van der Waals surface area contributed by atoms with Crippen LogP contribution in [0.4, 0.5) is 8.78 Å². The monoisotopic (exact) mass is 328 g/mol. The molecule has 0 unspecified atom stereocenters. The van der Waals surface area contributed by atoms with E-state index < -0.39 is 6.43 Å². The SMILES string of the molecule is N#Cc1nc(CCl)c(C(F)F)cc1I. The molecule has 74 valence electrons. The van der Waals surface area contributed by atoms with Crippen molar-refractivity contribution >= 4 is 34.2 Å². The van der Waals surface area contributed by atoms with Crippen molar-refractivity contribution in [3.05, 3.63) is 26.6 Å². The molecule has 1 aromatic rings. The van der Waals surface area contributed by atoms with Crippen LogP contribution in [0, 0.1) is 14.9 Å². The molecule has 0 saturated heterocycles. The Morgan fingerprint density at radius 1 is 1.64 bits per heavy atom. The zero-order chi connectivity index (χ0) is 10.7. The van der Waals surface area contributed by atoms with Crippen LogP contribution in [0.2, 0.25) is 0 Å². The molecule has 0 fully saturated rings. The van der Waals surface area contributed by atoms with Gasteiger partial charge in [-0.1, -0.05) is 0 Å². The number of pyridine rings is 1. The van der Waals surface area contributed by atoms with Gasteiger partial charge >= 0.3 is 0 Å². The van der Waals surface area contributed by atoms with Crippen molar-refractivity contribution in [3.8, 4) is 6.07 Å². The molecule has 0 bridgehead atoms. The summed E-state index contributed by atoms with van der Waals surface area (Å²) in [4.78, 5) is 3.75. The quantitative estimate of drug-likeness (QED) is 0.617. The van der Waals surface area contributed by atoms with E-state index in [1.807, 2.05) is 6.07 Å². The zero-order valence-electron chi connectivity index (χ0n) is 6.77. The Labute approximate surface area is 98.0 Å². The molecule has 0 aliphatic heterocycles. The minimum atomic E-state index is -2.61. The van der Waals surface area contributed by atoms with Gasteiger partial charge in [0, 0.05) is 5.56 Å². The van der Waals surface area contributed by atoms with Crippen molar-refractivity contribution in [1.82, 2.24) is 4.98 Å². The average Bonchev–Trinajstić information content (AvgIpc) is 2.17. The Hall–Kier alpha value is -0.480. The first kappa shape index (κ1) is 11.6. The van der Waals surface area contributed by atoms with E-state index in [4.69, 9.17) is 16.9 Å². The summed E-state index contributed by atoms with van der Waals surface area (Å²) in [5.74, 6) is -0.120. The minimum absolute atomic E-state index is 0.0682. The van der Waals surface area contributed by atoms with E-state index in [-0.39, 0.29) is 22.8 Å². The summed E-state index contributed by atoms with van der Waals surface area (Å²) < 4.78 is 25.3. The van der Waals surface area contributed by atoms with Crippen molar-refractivity contribution in [2.75, 3.05) is 0 Å². The fraction of sp³-hybridized carbons (Fsp3) is 0.250. The maximum Gasteiger partial charge on any atom is 0.265 e. The van der Waals surface area contributed by atoms with Gasteiger partial charge in [0.15, 0.2) is 5.69 Å². The molecule has 6 heteroatoms. The van der Waals surface area contributed by atoms with Crippen LogP contribution >= 0.6 is 34.2 Å². The van der Waals surface area contributed by atoms with E-state index in [1.165, 1.54) is 6.07 Å². The molecule has 0 aromatic carbocycles. The molecule has 0 aliphatic carbocycles. The van der Waals surface area contributed by atoms with Crippen LogP contribution in [0.1, 0.15) is 23.4 Å². The van der Waals surface area contributed by atoms with Crippen LogP contribution < -0.4 is 0 Å². The Morgan fingerprint density at radius 3 is 2.71 bits per heavy atom. The van der Waals surface area contributed by atoms with Crippen LogP contribution in [0.5, 0.6) is 0 Å². The van der Waals surface area contributed by atoms with Crippen molar-refractivity contribution in [1.29, 1.82) is 5.26 Å². The Balaban J connectivity index is 3.33. The molecular formula is C8H4ClF2IN2. The van der Waals surface area contributed by atoms with Gasteiger partial charge in [-0.05, 0) is 28.7 Å². The third-order valence-electron chi connectivity index (χ3n) is 1.56. The molecule has 1 heterocycles. The smallest absolute Gasteiger partial charge is 0.239 e. The van der Waals surface area contributed by atoms with Crippen molar-refractivity contribution in [2.24, 2.45) is 0 Å². The van der Waals surface area contributed by atoms with Gasteiger partial charge in [-0.2, -0.15) is 5.26 Å². The third-order valence-corrected chi connectivity index (χ3v) is 2.63. The van der Waals surface area contributed by atoms with E-state index in [1.54, 1.807) is 22.6 Å². The van der Waals surface area contributed by atoms with Gasteiger partial charge in [0.1, 0.15) is 6.07 Å². The maximum atomic E-state index is 12.4. The van der Waals surface area contributed by atoms with E-state index in [0.717, 1.165) is 0 Å². The number of hydrogen-bond donors (Lipinski definition) is 0. The number of hydrogen-bond acceptors (Lipinski definition) is 2. The highest BCUT2D eigenvalue weighted by Crippen LogP contribution is 2.25. The lowest BCUT2D eigenvalue weighted by molar-refractivity contribution is 0.150. The number of nitriles is 1. The van der Waals surface area contributed by atoms with Crippen LogP contribution in [0.3, 0.4) is 0 Å². The largest absolute Gasteiger partial charge is 0.265 e. The molecule has 0 atom stereocenters. The summed E-state index contributed by atoms with van der Waals surface area (Å²) in [5, 5.41) is 8.62. The molecule has 0 radical (unpaired) electrons. The van der Waals surface area contributed by atoms with E-state index >= 15 is 0 Å². The van der Waals surface area contributed by atoms with Crippen LogP contribution in [0.15, 0.2) is 6.07 Å². The second-order valence-electron chi connectivity index (χ2n) is 2.40. The van der Waals surface area contributed by atoms with Crippen LogP contribution in [-0.2, 0) is 5.88 Å². The van der Waals surface area contributed by atoms with Gasteiger partial charge in [-0.25, -0.2) is 13.8 Å². The summed E-state index contributed by atoms with van der Waals surface area (Å²) in [5.41, 5.74) is -0.00678. The molecule has 1 rings (SSSR count). The number of halogens is 4. The predicted octanol–water partition coefficient (Wildman–Crippen LogP) is 3.23. The molecule has 0 saturated carbocycles. The number of alkyl halides is 3. The molecule has 0 N–H and O–H groups in total. The fourth-order valence-electron chi connectivity index (χ4n) is 0.915. The first-order chi connectivity index (χ1) is 6.60. The molecule has 2 nitrogen and oxygen atoms in total. The van der Waals surface area contributed by atoms with Gasteiger partial charge < -0.3 is 0 Å². The zero-order valence-corrected chi connectivity index (χ0v) is 9.68. The van der Waals surface area contributed by atoms with Crippen LogP contribution in [0.25, 0.3) is 0 Å². The summed E-state index contributed by atoms with van der Waals surface area (Å²) >= 11 is 7.24. The van der Waals surface area contributed by atoms with Crippen LogP contribution in [-0.4, -0.2) is 4.98 Å². The van der Waals surface area contributed by atoms with E-state index in [2.05, 4.69) is 4.98 Å². The fourth-order valence-corrected chi connectivity index (χ4v) is 1.71. The van der Waals surface area contributed by atoms with Gasteiger partial charge in [-0.3, -0.25) is 0 Å². The van der Waals surface area contributed by atoms with Gasteiger partial charge in [0.2, 0.25) is 0 Å². The first-order valence-corrected chi connectivity index (χ1v) is 5.15. The second kappa shape index (κ2) is 4.84. The van der Waals surface area contributed by atoms with Gasteiger partial charge in [0.25, 0.3) is 6.43 Å². The topological polar surface area (TPSA) is 36.7 Å². The highest BCUT2D eigenvalue weighted by Gasteiger charge is 2.16. The molecule has 1 aromatic heterocycles. The Kier molecular flexibility index (Phi) is 4.01. The summed E-state index contributed by atoms with van der Waals surface area (Å²) in [6, 6.07) is 3.06. The van der Waals surface area contributed by atoms with E-state index in [0.29, 0.717) is 3.57 Å². The second-order valence-corrected chi connectivity index (χ2v) is 3.83. The number of nitrogens with zero attached hydrogens (tertiary/aromatic N) is 2. The third kappa shape index (κ3) is 2.30. The summed E-state index contributed by atoms with van der Waals surface area (Å²) in [6.45, 7) is 0. The number of rotatable bonds is 2. The highest BCUT2D eigenvalue weighted by atomic mass is 127. The van der Waals surface area contributed by atoms with Crippen molar-refractivity contribution < 1.29 is 8.78 Å². The standard InChI is InChI=1S/C8H4ClF2IN2/c9-2-6-4(8(10)11)1-5(12)7(3-13)14-6/h1,8H,2H2. The average molecular weight is 328 g/mol. The lowest BCUT2D eigenvalue weighted by Gasteiger charge is -2.06. The summed E-state index contributed by atoms with van der Waals surface area (Å²) in [6.07, 6.45) is -2.61. The minimum Gasteiger partial charge on any atom is -0.239 e. The predicted molar refractivity (Wildman–Crippen MR) is 56.2 cm³/mol. The van der Waals surface area contributed by atoms with Crippen molar-refractivity contribution in [2.45, 2.75) is 12.3 Å². The summed E-state index contributed by atoms with van der Waals surface area (Å²) in [7, 11) is 0. The van der Waals surface area contributed by atoms with Crippen molar-refractivity contribution in [3.63, 3.8) is 0 Å².